The molecule has 0 radical (unpaired) electrons. The summed E-state index contributed by atoms with van der Waals surface area (Å²) < 4.78 is 17.0. The number of aryl methyl sites for hydroxylation is 1. The predicted octanol–water partition coefficient (Wildman–Crippen LogP) is 4.36. The first kappa shape index (κ1) is 23.3. The smallest absolute Gasteiger partial charge is 0.344 e. The Balaban J connectivity index is 1.58. The number of esters is 1. The molecule has 0 atom stereocenters. The molecule has 164 valence electrons. The van der Waals surface area contributed by atoms with Gasteiger partial charge in [-0.3, -0.25) is 4.79 Å². The molecule has 0 heterocycles. The Bertz CT molecular complexity index is 1150. The molecular weight excluding hydrogens is 523 g/mol. The highest BCUT2D eigenvalue weighted by Crippen LogP contribution is 2.29. The summed E-state index contributed by atoms with van der Waals surface area (Å²) in [6.45, 7) is 1.79. The summed E-state index contributed by atoms with van der Waals surface area (Å²) in [4.78, 5) is 24.4. The molecule has 7 nitrogen and oxygen atoms in total. The number of amides is 1. The predicted molar refractivity (Wildman–Crippen MR) is 130 cm³/mol. The summed E-state index contributed by atoms with van der Waals surface area (Å²) in [5.41, 5.74) is 4.57. The molecule has 3 aromatic rings. The van der Waals surface area contributed by atoms with Crippen LogP contribution < -0.4 is 19.6 Å². The van der Waals surface area contributed by atoms with Gasteiger partial charge in [-0.2, -0.15) is 5.10 Å². The van der Waals surface area contributed by atoms with Crippen molar-refractivity contribution in [2.24, 2.45) is 5.10 Å². The monoisotopic (exact) mass is 544 g/mol. The van der Waals surface area contributed by atoms with E-state index in [1.165, 1.54) is 13.3 Å². The Hall–Kier alpha value is -3.40. The van der Waals surface area contributed by atoms with Crippen LogP contribution in [-0.4, -0.2) is 31.8 Å². The van der Waals surface area contributed by atoms with Gasteiger partial charge in [-0.15, -0.1) is 0 Å². The zero-order chi connectivity index (χ0) is 22.9. The second kappa shape index (κ2) is 11.3. The van der Waals surface area contributed by atoms with Gasteiger partial charge in [-0.25, -0.2) is 10.2 Å². The van der Waals surface area contributed by atoms with Crippen molar-refractivity contribution in [1.82, 2.24) is 5.43 Å². The lowest BCUT2D eigenvalue weighted by atomic mass is 10.2. The van der Waals surface area contributed by atoms with Gasteiger partial charge in [-0.1, -0.05) is 24.3 Å². The molecule has 0 saturated carbocycles. The van der Waals surface area contributed by atoms with E-state index < -0.39 is 11.9 Å². The number of carbonyl (C=O) groups is 2. The summed E-state index contributed by atoms with van der Waals surface area (Å²) in [6, 6.07) is 19.5. The van der Waals surface area contributed by atoms with Crippen molar-refractivity contribution in [3.05, 3.63) is 87.0 Å². The van der Waals surface area contributed by atoms with Gasteiger partial charge in [-0.05, 0) is 83.1 Å². The van der Waals surface area contributed by atoms with E-state index in [-0.39, 0.29) is 12.4 Å². The molecule has 0 saturated heterocycles. The SMILES string of the molecule is COc1cc(/C=N/NC(=O)COc2cccc(C)c2)ccc1OC(=O)c1ccccc1I. The topological polar surface area (TPSA) is 86.2 Å². The van der Waals surface area contributed by atoms with Gasteiger partial charge in [0.25, 0.3) is 5.91 Å². The van der Waals surface area contributed by atoms with Gasteiger partial charge in [0.15, 0.2) is 18.1 Å². The van der Waals surface area contributed by atoms with Crippen molar-refractivity contribution in [1.29, 1.82) is 0 Å². The van der Waals surface area contributed by atoms with Gasteiger partial charge in [0, 0.05) is 3.57 Å². The van der Waals surface area contributed by atoms with E-state index in [0.29, 0.717) is 22.6 Å². The zero-order valence-electron chi connectivity index (χ0n) is 17.5. The number of hydrogen-bond acceptors (Lipinski definition) is 6. The van der Waals surface area contributed by atoms with Crippen LogP contribution in [0.3, 0.4) is 0 Å². The summed E-state index contributed by atoms with van der Waals surface area (Å²) in [5.74, 6) is 0.393. The van der Waals surface area contributed by atoms with E-state index in [1.807, 2.05) is 37.3 Å². The molecule has 3 rings (SSSR count). The first-order valence-electron chi connectivity index (χ1n) is 9.62. The lowest BCUT2D eigenvalue weighted by molar-refractivity contribution is -0.123. The van der Waals surface area contributed by atoms with Crippen LogP contribution in [0.2, 0.25) is 0 Å². The molecule has 0 unspecified atom stereocenters. The number of methoxy groups -OCH3 is 1. The highest BCUT2D eigenvalue weighted by molar-refractivity contribution is 14.1. The summed E-state index contributed by atoms with van der Waals surface area (Å²) in [7, 11) is 1.48. The van der Waals surface area contributed by atoms with Crippen LogP contribution in [0.4, 0.5) is 0 Å². The van der Waals surface area contributed by atoms with Gasteiger partial charge < -0.3 is 14.2 Å². The minimum Gasteiger partial charge on any atom is -0.493 e. The molecule has 0 aliphatic rings. The zero-order valence-corrected chi connectivity index (χ0v) is 19.7. The van der Waals surface area contributed by atoms with Gasteiger partial charge in [0.1, 0.15) is 5.75 Å². The second-order valence-electron chi connectivity index (χ2n) is 6.68. The molecular formula is C24H21IN2O5. The fraction of sp³-hybridized carbons (Fsp3) is 0.125. The number of halogens is 1. The first-order chi connectivity index (χ1) is 15.5. The average molecular weight is 544 g/mol. The Morgan fingerprint density at radius 1 is 1.03 bits per heavy atom. The molecule has 0 spiro atoms. The normalized spacial score (nSPS) is 10.6. The van der Waals surface area contributed by atoms with E-state index in [9.17, 15) is 9.59 Å². The summed E-state index contributed by atoms with van der Waals surface area (Å²) >= 11 is 2.08. The quantitative estimate of drug-likeness (QED) is 0.150. The van der Waals surface area contributed by atoms with E-state index >= 15 is 0 Å². The number of ether oxygens (including phenoxy) is 3. The van der Waals surface area contributed by atoms with Crippen molar-refractivity contribution < 1.29 is 23.8 Å². The maximum atomic E-state index is 12.4. The average Bonchev–Trinajstić information content (AvgIpc) is 2.79. The molecule has 1 amide bonds. The number of nitrogens with zero attached hydrogens (tertiary/aromatic N) is 1. The van der Waals surface area contributed by atoms with Crippen LogP contribution in [0.1, 0.15) is 21.5 Å². The third kappa shape index (κ3) is 6.55. The van der Waals surface area contributed by atoms with Gasteiger partial charge in [0.05, 0.1) is 18.9 Å². The van der Waals surface area contributed by atoms with Crippen molar-refractivity contribution in [2.45, 2.75) is 6.92 Å². The van der Waals surface area contributed by atoms with Crippen LogP contribution >= 0.6 is 22.6 Å². The number of rotatable bonds is 8. The minimum absolute atomic E-state index is 0.155. The molecule has 0 fully saturated rings. The maximum absolute atomic E-state index is 12.4. The van der Waals surface area contributed by atoms with Crippen molar-refractivity contribution >= 4 is 40.7 Å². The van der Waals surface area contributed by atoms with Gasteiger partial charge >= 0.3 is 5.97 Å². The Labute approximate surface area is 199 Å². The molecule has 0 bridgehead atoms. The largest absolute Gasteiger partial charge is 0.493 e. The van der Waals surface area contributed by atoms with E-state index in [4.69, 9.17) is 14.2 Å². The highest BCUT2D eigenvalue weighted by Gasteiger charge is 2.15. The molecule has 0 aliphatic heterocycles. The lowest BCUT2D eigenvalue weighted by Gasteiger charge is -2.10. The molecule has 0 aliphatic carbocycles. The second-order valence-corrected chi connectivity index (χ2v) is 7.84. The van der Waals surface area contributed by atoms with Crippen LogP contribution in [0.5, 0.6) is 17.2 Å². The van der Waals surface area contributed by atoms with Crippen LogP contribution in [0.25, 0.3) is 0 Å². The van der Waals surface area contributed by atoms with Crippen LogP contribution in [0, 0.1) is 10.5 Å². The van der Waals surface area contributed by atoms with Gasteiger partial charge in [0.2, 0.25) is 0 Å². The van der Waals surface area contributed by atoms with Crippen LogP contribution in [0.15, 0.2) is 71.8 Å². The van der Waals surface area contributed by atoms with E-state index in [1.54, 1.807) is 36.4 Å². The standard InChI is InChI=1S/C24H21IN2O5/c1-16-6-5-7-18(12-16)31-15-23(28)27-26-14-17-10-11-21(22(13-17)30-2)32-24(29)19-8-3-4-9-20(19)25/h3-14H,15H2,1-2H3,(H,27,28)/b26-14+. The Morgan fingerprint density at radius 2 is 1.84 bits per heavy atom. The molecule has 0 aromatic heterocycles. The number of nitrogens with one attached hydrogen (secondary N) is 1. The molecule has 1 N–H and O–H groups in total. The fourth-order valence-corrected chi connectivity index (χ4v) is 3.30. The van der Waals surface area contributed by atoms with Crippen molar-refractivity contribution in [3.8, 4) is 17.2 Å². The van der Waals surface area contributed by atoms with Crippen LogP contribution in [-0.2, 0) is 4.79 Å². The maximum Gasteiger partial charge on any atom is 0.344 e. The first-order valence-corrected chi connectivity index (χ1v) is 10.7. The summed E-state index contributed by atoms with van der Waals surface area (Å²) in [5, 5.41) is 3.93. The number of benzene rings is 3. The lowest BCUT2D eigenvalue weighted by Crippen LogP contribution is -2.24. The number of hydrazone groups is 1. The molecule has 3 aromatic carbocycles. The number of carbonyl (C=O) groups excluding carboxylic acids is 2. The Kier molecular flexibility index (Phi) is 8.20. The third-order valence-electron chi connectivity index (χ3n) is 4.25. The van der Waals surface area contributed by atoms with Crippen molar-refractivity contribution in [2.75, 3.05) is 13.7 Å². The fourth-order valence-electron chi connectivity index (χ4n) is 2.70. The molecule has 8 heteroatoms. The van der Waals surface area contributed by atoms with E-state index in [2.05, 4.69) is 33.1 Å². The summed E-state index contributed by atoms with van der Waals surface area (Å²) in [6.07, 6.45) is 1.46. The third-order valence-corrected chi connectivity index (χ3v) is 5.19. The highest BCUT2D eigenvalue weighted by atomic mass is 127. The Morgan fingerprint density at radius 3 is 2.59 bits per heavy atom. The number of hydrogen-bond donors (Lipinski definition) is 1. The van der Waals surface area contributed by atoms with Crippen molar-refractivity contribution in [3.63, 3.8) is 0 Å². The minimum atomic E-state index is -0.476. The van der Waals surface area contributed by atoms with E-state index in [0.717, 1.165) is 9.13 Å². The molecule has 32 heavy (non-hydrogen) atoms.